The van der Waals surface area contributed by atoms with Gasteiger partial charge in [-0.25, -0.2) is 4.98 Å². The van der Waals surface area contributed by atoms with Crippen LogP contribution in [0.25, 0.3) is 21.5 Å². The maximum atomic E-state index is 13.0. The number of nitro benzene ring substituents is 1. The van der Waals surface area contributed by atoms with Crippen molar-refractivity contribution in [1.82, 2.24) is 4.98 Å². The second kappa shape index (κ2) is 8.08. The number of aryl methyl sites for hydroxylation is 1. The van der Waals surface area contributed by atoms with Crippen LogP contribution in [0, 0.1) is 10.1 Å². The standard InChI is InChI=1S/C23H20N4O4S/c24-20-19-18(17-7-4-12-31-17)15-5-2-1-3-6-16(15)26-23(19)32-21(20)22(28)25-13-8-10-14(11-9-13)27(29)30/h4,7-12H,1-3,5-6,24H2,(H,25,28). The number of nitro groups is 1. The van der Waals surface area contributed by atoms with Crippen molar-refractivity contribution in [3.63, 3.8) is 0 Å². The molecule has 0 radical (unpaired) electrons. The van der Waals surface area contributed by atoms with E-state index in [1.165, 1.54) is 35.6 Å². The number of nitrogens with two attached hydrogens (primary N) is 1. The molecule has 0 aliphatic heterocycles. The van der Waals surface area contributed by atoms with Gasteiger partial charge in [-0.2, -0.15) is 0 Å². The Balaban J connectivity index is 1.59. The first-order valence-corrected chi connectivity index (χ1v) is 11.2. The number of fused-ring (bicyclic) bond motifs is 2. The van der Waals surface area contributed by atoms with E-state index in [0.29, 0.717) is 21.1 Å². The molecule has 3 aromatic heterocycles. The lowest BCUT2D eigenvalue weighted by atomic mass is 9.96. The number of amides is 1. The fourth-order valence-electron chi connectivity index (χ4n) is 4.20. The zero-order valence-corrected chi connectivity index (χ0v) is 17.9. The lowest BCUT2D eigenvalue weighted by molar-refractivity contribution is -0.384. The number of anilines is 2. The molecule has 0 bridgehead atoms. The van der Waals surface area contributed by atoms with Gasteiger partial charge in [-0.15, -0.1) is 11.3 Å². The van der Waals surface area contributed by atoms with Crippen molar-refractivity contribution >= 4 is 44.5 Å². The number of pyridine rings is 1. The minimum Gasteiger partial charge on any atom is -0.464 e. The van der Waals surface area contributed by atoms with Crippen molar-refractivity contribution in [2.75, 3.05) is 11.1 Å². The van der Waals surface area contributed by atoms with Crippen LogP contribution in [-0.2, 0) is 12.8 Å². The number of carbonyl (C=O) groups excluding carboxylic acids is 1. The molecule has 1 aliphatic rings. The van der Waals surface area contributed by atoms with Crippen molar-refractivity contribution in [3.05, 3.63) is 68.9 Å². The molecule has 5 rings (SSSR count). The van der Waals surface area contributed by atoms with E-state index in [4.69, 9.17) is 15.1 Å². The third kappa shape index (κ3) is 3.50. The molecule has 0 fully saturated rings. The molecule has 0 saturated carbocycles. The number of furan rings is 1. The number of hydrogen-bond donors (Lipinski definition) is 2. The third-order valence-corrected chi connectivity index (χ3v) is 6.81. The highest BCUT2D eigenvalue weighted by Gasteiger charge is 2.26. The van der Waals surface area contributed by atoms with E-state index in [9.17, 15) is 14.9 Å². The number of carbonyl (C=O) groups is 1. The molecular weight excluding hydrogens is 428 g/mol. The first-order valence-electron chi connectivity index (χ1n) is 10.4. The summed E-state index contributed by atoms with van der Waals surface area (Å²) in [4.78, 5) is 29.4. The molecule has 0 unspecified atom stereocenters. The van der Waals surface area contributed by atoms with Gasteiger partial charge in [0, 0.05) is 34.5 Å². The van der Waals surface area contributed by atoms with Crippen LogP contribution in [0.1, 0.15) is 40.2 Å². The first kappa shape index (κ1) is 20.2. The van der Waals surface area contributed by atoms with Gasteiger partial charge in [-0.05, 0) is 55.5 Å². The fraction of sp³-hybridized carbons (Fsp3) is 0.217. The second-order valence-corrected chi connectivity index (χ2v) is 8.73. The Morgan fingerprint density at radius 2 is 1.94 bits per heavy atom. The summed E-state index contributed by atoms with van der Waals surface area (Å²) >= 11 is 1.25. The molecule has 1 aliphatic carbocycles. The predicted molar refractivity (Wildman–Crippen MR) is 124 cm³/mol. The van der Waals surface area contributed by atoms with E-state index in [-0.39, 0.29) is 11.6 Å². The molecule has 9 heteroatoms. The predicted octanol–water partition coefficient (Wildman–Crippen LogP) is 5.57. The number of aromatic nitrogens is 1. The maximum Gasteiger partial charge on any atom is 0.269 e. The van der Waals surface area contributed by atoms with Crippen LogP contribution < -0.4 is 11.1 Å². The van der Waals surface area contributed by atoms with Gasteiger partial charge in [-0.3, -0.25) is 14.9 Å². The molecule has 0 atom stereocenters. The van der Waals surface area contributed by atoms with E-state index in [1.807, 2.05) is 12.1 Å². The minimum absolute atomic E-state index is 0.0434. The van der Waals surface area contributed by atoms with Crippen LogP contribution in [-0.4, -0.2) is 15.8 Å². The van der Waals surface area contributed by atoms with Gasteiger partial charge in [0.05, 0.1) is 16.9 Å². The number of thiophene rings is 1. The summed E-state index contributed by atoms with van der Waals surface area (Å²) in [6.07, 6.45) is 6.73. The van der Waals surface area contributed by atoms with Crippen LogP contribution in [0.15, 0.2) is 47.1 Å². The Bertz CT molecular complexity index is 1330. The second-order valence-electron chi connectivity index (χ2n) is 7.73. The number of nitrogens with one attached hydrogen (secondary N) is 1. The summed E-state index contributed by atoms with van der Waals surface area (Å²) in [6, 6.07) is 9.43. The van der Waals surface area contributed by atoms with E-state index in [0.717, 1.165) is 60.1 Å². The molecule has 1 aromatic carbocycles. The molecule has 0 spiro atoms. The Morgan fingerprint density at radius 3 is 2.66 bits per heavy atom. The van der Waals surface area contributed by atoms with Gasteiger partial charge >= 0.3 is 0 Å². The average molecular weight is 449 g/mol. The summed E-state index contributed by atoms with van der Waals surface area (Å²) in [5.41, 5.74) is 10.4. The van der Waals surface area contributed by atoms with Gasteiger partial charge in [-0.1, -0.05) is 6.42 Å². The van der Waals surface area contributed by atoms with Crippen molar-refractivity contribution in [3.8, 4) is 11.3 Å². The maximum absolute atomic E-state index is 13.0. The first-order chi connectivity index (χ1) is 15.5. The summed E-state index contributed by atoms with van der Waals surface area (Å²) in [5.74, 6) is 0.349. The van der Waals surface area contributed by atoms with Gasteiger partial charge in [0.2, 0.25) is 0 Å². The Labute approximate surface area is 187 Å². The van der Waals surface area contributed by atoms with E-state index >= 15 is 0 Å². The summed E-state index contributed by atoms with van der Waals surface area (Å²) in [5, 5.41) is 14.4. The molecule has 4 aromatic rings. The molecule has 162 valence electrons. The third-order valence-electron chi connectivity index (χ3n) is 5.71. The summed E-state index contributed by atoms with van der Waals surface area (Å²) in [7, 11) is 0. The number of nitrogens with zero attached hydrogens (tertiary/aromatic N) is 2. The van der Waals surface area contributed by atoms with E-state index in [2.05, 4.69) is 5.32 Å². The minimum atomic E-state index is -0.485. The molecule has 32 heavy (non-hydrogen) atoms. The lowest BCUT2D eigenvalue weighted by Crippen LogP contribution is -2.12. The number of hydrogen-bond acceptors (Lipinski definition) is 7. The highest BCUT2D eigenvalue weighted by Crippen LogP contribution is 2.43. The van der Waals surface area contributed by atoms with Crippen LogP contribution in [0.2, 0.25) is 0 Å². The van der Waals surface area contributed by atoms with Gasteiger partial charge in [0.15, 0.2) is 0 Å². The van der Waals surface area contributed by atoms with Gasteiger partial charge < -0.3 is 15.5 Å². The Kier molecular flexibility index (Phi) is 5.10. The number of non-ortho nitro benzene ring substituents is 1. The number of nitrogen functional groups attached to an aromatic ring is 1. The smallest absolute Gasteiger partial charge is 0.269 e. The quantitative estimate of drug-likeness (QED) is 0.239. The van der Waals surface area contributed by atoms with Crippen molar-refractivity contribution in [1.29, 1.82) is 0 Å². The normalized spacial score (nSPS) is 13.5. The average Bonchev–Trinajstić information content (AvgIpc) is 3.35. The monoisotopic (exact) mass is 448 g/mol. The van der Waals surface area contributed by atoms with Crippen molar-refractivity contribution < 1.29 is 14.1 Å². The van der Waals surface area contributed by atoms with Crippen molar-refractivity contribution in [2.45, 2.75) is 32.1 Å². The summed E-state index contributed by atoms with van der Waals surface area (Å²) in [6.45, 7) is 0. The fourth-order valence-corrected chi connectivity index (χ4v) is 5.22. The van der Waals surface area contributed by atoms with Crippen LogP contribution in [0.5, 0.6) is 0 Å². The Hall–Kier alpha value is -3.72. The highest BCUT2D eigenvalue weighted by molar-refractivity contribution is 7.21. The number of benzene rings is 1. The topological polar surface area (TPSA) is 124 Å². The molecule has 3 N–H and O–H groups in total. The van der Waals surface area contributed by atoms with Gasteiger partial charge in [0.25, 0.3) is 11.6 Å². The Morgan fingerprint density at radius 1 is 1.16 bits per heavy atom. The van der Waals surface area contributed by atoms with Crippen molar-refractivity contribution in [2.24, 2.45) is 0 Å². The molecule has 8 nitrogen and oxygen atoms in total. The van der Waals surface area contributed by atoms with E-state index < -0.39 is 4.92 Å². The molecule has 3 heterocycles. The zero-order valence-electron chi connectivity index (χ0n) is 17.1. The van der Waals surface area contributed by atoms with Crippen LogP contribution in [0.4, 0.5) is 17.1 Å². The summed E-state index contributed by atoms with van der Waals surface area (Å²) < 4.78 is 5.75. The SMILES string of the molecule is Nc1c(C(=O)Nc2ccc([N+](=O)[O-])cc2)sc2nc3c(c(-c4ccco4)c12)CCCCC3. The highest BCUT2D eigenvalue weighted by atomic mass is 32.1. The lowest BCUT2D eigenvalue weighted by Gasteiger charge is -2.12. The van der Waals surface area contributed by atoms with Crippen LogP contribution >= 0.6 is 11.3 Å². The number of rotatable bonds is 4. The molecule has 0 saturated heterocycles. The van der Waals surface area contributed by atoms with E-state index in [1.54, 1.807) is 6.26 Å². The largest absolute Gasteiger partial charge is 0.464 e. The molecular formula is C23H20N4O4S. The van der Waals surface area contributed by atoms with Gasteiger partial charge in [0.1, 0.15) is 15.5 Å². The zero-order chi connectivity index (χ0) is 22.2. The van der Waals surface area contributed by atoms with Crippen LogP contribution in [0.3, 0.4) is 0 Å². The molecule has 1 amide bonds.